The van der Waals surface area contributed by atoms with E-state index in [1.807, 2.05) is 24.3 Å². The van der Waals surface area contributed by atoms with Crippen LogP contribution >= 0.6 is 0 Å². The third kappa shape index (κ3) is 3.58. The number of hydrogen-bond acceptors (Lipinski definition) is 9. The van der Waals surface area contributed by atoms with Crippen LogP contribution in [-0.2, 0) is 0 Å². The maximum absolute atomic E-state index is 12.9. The monoisotopic (exact) mass is 403 g/mol. The lowest BCUT2D eigenvalue weighted by Crippen LogP contribution is -2.21. The Hall–Kier alpha value is -4.54. The van der Waals surface area contributed by atoms with Crippen molar-refractivity contribution < 1.29 is 9.42 Å². The molecule has 1 amide bonds. The number of hydrogen-bond donors (Lipinski definition) is 3. The first-order valence-electron chi connectivity index (χ1n) is 8.84. The van der Waals surface area contributed by atoms with Crippen molar-refractivity contribution in [2.75, 3.05) is 11.5 Å². The number of nitrogens with zero attached hydrogens (tertiary/aromatic N) is 6. The van der Waals surface area contributed by atoms with E-state index in [1.54, 1.807) is 37.3 Å². The molecular weight excluding hydrogens is 386 g/mol. The van der Waals surface area contributed by atoms with Gasteiger partial charge in [0.05, 0.1) is 5.71 Å². The van der Waals surface area contributed by atoms with Gasteiger partial charge >= 0.3 is 0 Å². The number of anilines is 2. The molecule has 0 aliphatic carbocycles. The van der Waals surface area contributed by atoms with E-state index in [-0.39, 0.29) is 17.3 Å². The number of amides is 1. The van der Waals surface area contributed by atoms with Crippen molar-refractivity contribution in [3.8, 4) is 17.1 Å². The zero-order valence-electron chi connectivity index (χ0n) is 15.9. The highest BCUT2D eigenvalue weighted by Gasteiger charge is 2.25. The quantitative estimate of drug-likeness (QED) is 0.257. The first kappa shape index (κ1) is 18.8. The third-order valence-electron chi connectivity index (χ3n) is 4.26. The Bertz CT molecular complexity index is 1230. The van der Waals surface area contributed by atoms with E-state index in [1.165, 1.54) is 4.68 Å². The second-order valence-electron chi connectivity index (χ2n) is 6.30. The predicted octanol–water partition coefficient (Wildman–Crippen LogP) is 1.64. The zero-order valence-corrected chi connectivity index (χ0v) is 15.9. The van der Waals surface area contributed by atoms with Gasteiger partial charge in [0, 0.05) is 11.3 Å². The van der Waals surface area contributed by atoms with Crippen LogP contribution in [0.2, 0.25) is 0 Å². The van der Waals surface area contributed by atoms with Gasteiger partial charge in [0.15, 0.2) is 5.69 Å². The first-order valence-corrected chi connectivity index (χ1v) is 8.84. The van der Waals surface area contributed by atoms with Crippen molar-refractivity contribution in [2.24, 2.45) is 5.10 Å². The molecule has 0 fully saturated rings. The number of nitrogen functional groups attached to an aromatic ring is 2. The lowest BCUT2D eigenvalue weighted by Gasteiger charge is -2.06. The highest BCUT2D eigenvalue weighted by Crippen LogP contribution is 2.26. The minimum Gasteiger partial charge on any atom is -0.399 e. The minimum absolute atomic E-state index is 0.0135. The van der Waals surface area contributed by atoms with Gasteiger partial charge in [0.1, 0.15) is 5.69 Å². The number of aromatic nitrogens is 5. The SMILES string of the molecule is CC(=NNC(=O)c1nnn(-c2nonc2N)c1-c1ccccc1)c1cccc(N)c1. The fourth-order valence-corrected chi connectivity index (χ4v) is 2.79. The maximum atomic E-state index is 12.9. The van der Waals surface area contributed by atoms with Crippen LogP contribution in [0.15, 0.2) is 64.3 Å². The molecule has 4 rings (SSSR count). The van der Waals surface area contributed by atoms with Crippen LogP contribution in [-0.4, -0.2) is 36.9 Å². The van der Waals surface area contributed by atoms with Crippen LogP contribution in [0.4, 0.5) is 11.5 Å². The number of benzene rings is 2. The molecule has 5 N–H and O–H groups in total. The molecule has 11 nitrogen and oxygen atoms in total. The van der Waals surface area contributed by atoms with E-state index in [2.05, 4.69) is 35.8 Å². The van der Waals surface area contributed by atoms with Gasteiger partial charge in [-0.1, -0.05) is 47.7 Å². The van der Waals surface area contributed by atoms with Gasteiger partial charge < -0.3 is 11.5 Å². The number of carbonyl (C=O) groups is 1. The smallest absolute Gasteiger partial charge is 0.294 e. The van der Waals surface area contributed by atoms with Gasteiger partial charge in [-0.2, -0.15) is 9.78 Å². The normalized spacial score (nSPS) is 11.4. The Morgan fingerprint density at radius 1 is 1.10 bits per heavy atom. The molecule has 2 aromatic carbocycles. The molecule has 0 bridgehead atoms. The summed E-state index contributed by atoms with van der Waals surface area (Å²) >= 11 is 0. The Morgan fingerprint density at radius 3 is 2.60 bits per heavy atom. The van der Waals surface area contributed by atoms with Gasteiger partial charge in [0.25, 0.3) is 5.91 Å². The molecule has 0 aliphatic rings. The van der Waals surface area contributed by atoms with Crippen molar-refractivity contribution in [1.82, 2.24) is 30.7 Å². The molecule has 30 heavy (non-hydrogen) atoms. The molecule has 11 heteroatoms. The highest BCUT2D eigenvalue weighted by molar-refractivity contribution is 6.02. The number of hydrazone groups is 1. The van der Waals surface area contributed by atoms with E-state index < -0.39 is 5.91 Å². The lowest BCUT2D eigenvalue weighted by atomic mass is 10.1. The molecule has 0 spiro atoms. The van der Waals surface area contributed by atoms with Crippen LogP contribution in [0.1, 0.15) is 23.0 Å². The van der Waals surface area contributed by atoms with E-state index in [0.717, 1.165) is 5.56 Å². The molecule has 0 atom stereocenters. The zero-order chi connectivity index (χ0) is 21.1. The largest absolute Gasteiger partial charge is 0.399 e. The van der Waals surface area contributed by atoms with Crippen molar-refractivity contribution in [1.29, 1.82) is 0 Å². The van der Waals surface area contributed by atoms with Crippen molar-refractivity contribution in [3.63, 3.8) is 0 Å². The van der Waals surface area contributed by atoms with E-state index >= 15 is 0 Å². The molecule has 150 valence electrons. The second kappa shape index (κ2) is 7.83. The second-order valence-corrected chi connectivity index (χ2v) is 6.30. The summed E-state index contributed by atoms with van der Waals surface area (Å²) in [7, 11) is 0. The molecule has 0 radical (unpaired) electrons. The third-order valence-corrected chi connectivity index (χ3v) is 4.26. The summed E-state index contributed by atoms with van der Waals surface area (Å²) in [6.07, 6.45) is 0. The molecule has 2 heterocycles. The summed E-state index contributed by atoms with van der Waals surface area (Å²) in [5.41, 5.74) is 17.1. The summed E-state index contributed by atoms with van der Waals surface area (Å²) < 4.78 is 5.95. The fraction of sp³-hybridized carbons (Fsp3) is 0.0526. The first-order chi connectivity index (χ1) is 14.5. The number of carbonyl (C=O) groups excluding carboxylic acids is 1. The van der Waals surface area contributed by atoms with Gasteiger partial charge in [0.2, 0.25) is 11.6 Å². The van der Waals surface area contributed by atoms with E-state index in [4.69, 9.17) is 11.5 Å². The van der Waals surface area contributed by atoms with Gasteiger partial charge in [-0.3, -0.25) is 4.79 Å². The molecule has 0 saturated heterocycles. The Balaban J connectivity index is 1.70. The average molecular weight is 403 g/mol. The summed E-state index contributed by atoms with van der Waals surface area (Å²) in [4.78, 5) is 12.9. The average Bonchev–Trinajstić information content (AvgIpc) is 3.38. The van der Waals surface area contributed by atoms with Gasteiger partial charge in [-0.25, -0.2) is 10.1 Å². The van der Waals surface area contributed by atoms with Crippen LogP contribution in [0.5, 0.6) is 0 Å². The van der Waals surface area contributed by atoms with Gasteiger partial charge in [-0.05, 0) is 34.9 Å². The Morgan fingerprint density at radius 2 is 1.90 bits per heavy atom. The minimum atomic E-state index is -0.557. The number of rotatable bonds is 5. The topological polar surface area (TPSA) is 163 Å². The molecule has 0 aliphatic heterocycles. The summed E-state index contributed by atoms with van der Waals surface area (Å²) in [6.45, 7) is 1.76. The highest BCUT2D eigenvalue weighted by atomic mass is 16.6. The Labute approximate surface area is 170 Å². The molecule has 4 aromatic rings. The molecule has 0 saturated carbocycles. The van der Waals surface area contributed by atoms with Crippen molar-refractivity contribution in [3.05, 3.63) is 65.9 Å². The van der Waals surface area contributed by atoms with E-state index in [9.17, 15) is 4.79 Å². The standard InChI is InChI=1S/C19H17N9O2/c1-11(13-8-5-9-14(20)10-13)22-24-19(29)15-16(12-6-3-2-4-7-12)28(27-23-15)18-17(21)25-30-26-18/h2-10H,20H2,1H3,(H2,21,25)(H,24,29). The van der Waals surface area contributed by atoms with Crippen LogP contribution in [0, 0.1) is 0 Å². The summed E-state index contributed by atoms with van der Waals surface area (Å²) in [5, 5.41) is 19.5. The number of nitrogens with two attached hydrogens (primary N) is 2. The Kier molecular flexibility index (Phi) is 4.91. The van der Waals surface area contributed by atoms with Crippen molar-refractivity contribution >= 4 is 23.1 Å². The van der Waals surface area contributed by atoms with E-state index in [0.29, 0.717) is 22.7 Å². The molecule has 2 aromatic heterocycles. The molecule has 0 unspecified atom stereocenters. The van der Waals surface area contributed by atoms with Crippen LogP contribution < -0.4 is 16.9 Å². The fourth-order valence-electron chi connectivity index (χ4n) is 2.79. The van der Waals surface area contributed by atoms with Crippen LogP contribution in [0.25, 0.3) is 17.1 Å². The molecular formula is C19H17N9O2. The summed E-state index contributed by atoms with van der Waals surface area (Å²) in [5.74, 6) is -0.419. The lowest BCUT2D eigenvalue weighted by molar-refractivity contribution is 0.0950. The van der Waals surface area contributed by atoms with Crippen molar-refractivity contribution in [2.45, 2.75) is 6.92 Å². The van der Waals surface area contributed by atoms with Crippen LogP contribution in [0.3, 0.4) is 0 Å². The van der Waals surface area contributed by atoms with Gasteiger partial charge in [-0.15, -0.1) is 5.10 Å². The maximum Gasteiger partial charge on any atom is 0.294 e. The summed E-state index contributed by atoms with van der Waals surface area (Å²) in [6, 6.07) is 16.3. The predicted molar refractivity (Wildman–Crippen MR) is 110 cm³/mol. The number of nitrogens with one attached hydrogen (secondary N) is 1.